The van der Waals surface area contributed by atoms with Gasteiger partial charge in [-0.05, 0) is 55.7 Å². The molecule has 150 valence electrons. The molecule has 3 nitrogen and oxygen atoms in total. The molecule has 0 bridgehead atoms. The Morgan fingerprint density at radius 1 is 0.593 bits per heavy atom. The monoisotopic (exact) mass is 404 g/mol. The first-order valence-electron chi connectivity index (χ1n) is 9.57. The maximum absolute atomic E-state index is 5.50. The summed E-state index contributed by atoms with van der Waals surface area (Å²) in [5.41, 5.74) is 2.76. The summed E-state index contributed by atoms with van der Waals surface area (Å²) >= 11 is 0. The average molecular weight is 405 g/mol. The van der Waals surface area contributed by atoms with Crippen molar-refractivity contribution in [2.24, 2.45) is 0 Å². The van der Waals surface area contributed by atoms with Gasteiger partial charge in [0.2, 0.25) is 0 Å². The summed E-state index contributed by atoms with van der Waals surface area (Å²) in [4.78, 5) is 0. The van der Waals surface area contributed by atoms with E-state index in [0.29, 0.717) is 0 Å². The molecule has 0 unspecified atom stereocenters. The minimum atomic E-state index is -1.88. The van der Waals surface area contributed by atoms with Crippen molar-refractivity contribution in [1.29, 1.82) is 0 Å². The fourth-order valence-electron chi connectivity index (χ4n) is 2.50. The standard InChI is InChI=1S/C11H18O2Si.C11H18OSi/c1-12-14(3,13-2)10-9-11-7-5-4-6-8-11;1-12-13(2,3)10-9-11-7-5-4-6-8-11/h4-8H,9-10H2,1-3H3;4-8H,9-10H2,1-3H3. The lowest BCUT2D eigenvalue weighted by atomic mass is 10.2. The highest BCUT2D eigenvalue weighted by Gasteiger charge is 2.27. The summed E-state index contributed by atoms with van der Waals surface area (Å²) in [6.07, 6.45) is 2.18. The van der Waals surface area contributed by atoms with Crippen LogP contribution >= 0.6 is 0 Å². The maximum atomic E-state index is 5.50. The van der Waals surface area contributed by atoms with Crippen molar-refractivity contribution < 1.29 is 13.3 Å². The molecular weight excluding hydrogens is 368 g/mol. The number of aryl methyl sites for hydroxylation is 2. The molecule has 0 aliphatic rings. The highest BCUT2D eigenvalue weighted by atomic mass is 28.4. The molecule has 0 saturated heterocycles. The molecule has 0 aromatic heterocycles. The lowest BCUT2D eigenvalue weighted by Crippen LogP contribution is -2.36. The molecule has 27 heavy (non-hydrogen) atoms. The first-order chi connectivity index (χ1) is 12.8. The van der Waals surface area contributed by atoms with Gasteiger partial charge in [-0.1, -0.05) is 60.7 Å². The first kappa shape index (κ1) is 23.8. The Hall–Kier alpha value is -1.25. The summed E-state index contributed by atoms with van der Waals surface area (Å²) < 4.78 is 16.3. The van der Waals surface area contributed by atoms with Crippen molar-refractivity contribution in [3.63, 3.8) is 0 Å². The van der Waals surface area contributed by atoms with Crippen LogP contribution in [-0.4, -0.2) is 38.2 Å². The first-order valence-corrected chi connectivity index (χ1v) is 15.2. The van der Waals surface area contributed by atoms with Crippen LogP contribution in [0, 0.1) is 0 Å². The zero-order chi connectivity index (χ0) is 20.2. The van der Waals surface area contributed by atoms with E-state index < -0.39 is 16.9 Å². The van der Waals surface area contributed by atoms with Gasteiger partial charge in [0.25, 0.3) is 0 Å². The molecular formula is C22H36O3Si2. The van der Waals surface area contributed by atoms with E-state index in [0.717, 1.165) is 18.9 Å². The average Bonchev–Trinajstić information content (AvgIpc) is 2.72. The third-order valence-corrected chi connectivity index (χ3v) is 10.4. The second kappa shape index (κ2) is 12.3. The zero-order valence-electron chi connectivity index (χ0n) is 17.8. The van der Waals surface area contributed by atoms with Crippen LogP contribution in [0.25, 0.3) is 0 Å². The number of hydrogen-bond donors (Lipinski definition) is 0. The van der Waals surface area contributed by atoms with E-state index in [9.17, 15) is 0 Å². The van der Waals surface area contributed by atoms with Crippen LogP contribution in [0.4, 0.5) is 0 Å². The Bertz CT molecular complexity index is 614. The van der Waals surface area contributed by atoms with Crippen molar-refractivity contribution >= 4 is 16.9 Å². The minimum Gasteiger partial charge on any atom is -0.420 e. The van der Waals surface area contributed by atoms with Gasteiger partial charge in [-0.3, -0.25) is 0 Å². The van der Waals surface area contributed by atoms with Crippen LogP contribution in [-0.2, 0) is 26.1 Å². The van der Waals surface area contributed by atoms with Crippen molar-refractivity contribution in [3.05, 3.63) is 71.8 Å². The van der Waals surface area contributed by atoms with E-state index >= 15 is 0 Å². The van der Waals surface area contributed by atoms with Crippen LogP contribution in [0.3, 0.4) is 0 Å². The third kappa shape index (κ3) is 10.0. The van der Waals surface area contributed by atoms with Gasteiger partial charge in [0, 0.05) is 21.3 Å². The molecule has 0 radical (unpaired) electrons. The van der Waals surface area contributed by atoms with Gasteiger partial charge in [-0.25, -0.2) is 0 Å². The molecule has 2 aromatic carbocycles. The Morgan fingerprint density at radius 3 is 1.37 bits per heavy atom. The smallest absolute Gasteiger partial charge is 0.334 e. The van der Waals surface area contributed by atoms with Gasteiger partial charge in [0.15, 0.2) is 8.32 Å². The topological polar surface area (TPSA) is 27.7 Å². The van der Waals surface area contributed by atoms with Crippen LogP contribution in [0.15, 0.2) is 60.7 Å². The van der Waals surface area contributed by atoms with Crippen molar-refractivity contribution in [2.45, 2.75) is 44.6 Å². The summed E-state index contributed by atoms with van der Waals surface area (Å²) in [5.74, 6) is 0. The third-order valence-electron chi connectivity index (χ3n) is 4.99. The van der Waals surface area contributed by atoms with E-state index in [1.54, 1.807) is 14.2 Å². The normalized spacial score (nSPS) is 11.6. The largest absolute Gasteiger partial charge is 0.420 e. The molecule has 0 fully saturated rings. The lowest BCUT2D eigenvalue weighted by molar-refractivity contribution is 0.249. The van der Waals surface area contributed by atoms with Crippen molar-refractivity contribution in [2.75, 3.05) is 21.3 Å². The van der Waals surface area contributed by atoms with E-state index in [1.807, 2.05) is 13.2 Å². The zero-order valence-corrected chi connectivity index (χ0v) is 19.8. The van der Waals surface area contributed by atoms with Gasteiger partial charge in [0.05, 0.1) is 0 Å². The molecule has 2 aromatic rings. The van der Waals surface area contributed by atoms with Gasteiger partial charge < -0.3 is 13.3 Å². The molecule has 0 N–H and O–H groups in total. The molecule has 5 heteroatoms. The number of rotatable bonds is 9. The highest BCUT2D eigenvalue weighted by Crippen LogP contribution is 2.15. The van der Waals surface area contributed by atoms with Crippen molar-refractivity contribution in [1.82, 2.24) is 0 Å². The van der Waals surface area contributed by atoms with Crippen LogP contribution in [0.2, 0.25) is 31.7 Å². The molecule has 0 spiro atoms. The molecule has 2 rings (SSSR count). The highest BCUT2D eigenvalue weighted by molar-refractivity contribution is 6.71. The van der Waals surface area contributed by atoms with E-state index in [-0.39, 0.29) is 0 Å². The Morgan fingerprint density at radius 2 is 1.00 bits per heavy atom. The summed E-state index contributed by atoms with van der Waals surface area (Å²) in [7, 11) is 2.06. The summed E-state index contributed by atoms with van der Waals surface area (Å²) in [6, 6.07) is 23.3. The summed E-state index contributed by atoms with van der Waals surface area (Å²) in [5, 5.41) is 0. The molecule has 0 aliphatic heterocycles. The van der Waals surface area contributed by atoms with E-state index in [1.165, 1.54) is 17.2 Å². The van der Waals surface area contributed by atoms with Gasteiger partial charge >= 0.3 is 8.56 Å². The minimum absolute atomic E-state index is 1.00. The van der Waals surface area contributed by atoms with Crippen LogP contribution in [0.1, 0.15) is 11.1 Å². The fourth-order valence-corrected chi connectivity index (χ4v) is 4.91. The quantitative estimate of drug-likeness (QED) is 0.504. The van der Waals surface area contributed by atoms with Gasteiger partial charge in [-0.2, -0.15) is 0 Å². The fraction of sp³-hybridized carbons (Fsp3) is 0.455. The Kier molecular flexibility index (Phi) is 10.8. The molecule has 0 saturated carbocycles. The van der Waals surface area contributed by atoms with Crippen LogP contribution in [0.5, 0.6) is 0 Å². The number of hydrogen-bond acceptors (Lipinski definition) is 3. The molecule has 0 heterocycles. The van der Waals surface area contributed by atoms with Gasteiger partial charge in [-0.15, -0.1) is 0 Å². The molecule has 0 atom stereocenters. The predicted octanol–water partition coefficient (Wildman–Crippen LogP) is 5.67. The Balaban J connectivity index is 0.000000271. The maximum Gasteiger partial charge on any atom is 0.334 e. The second-order valence-electron chi connectivity index (χ2n) is 7.48. The second-order valence-corrected chi connectivity index (χ2v) is 15.5. The van der Waals surface area contributed by atoms with E-state index in [2.05, 4.69) is 74.2 Å². The van der Waals surface area contributed by atoms with E-state index in [4.69, 9.17) is 13.3 Å². The Labute approximate surface area is 168 Å². The molecule has 0 aliphatic carbocycles. The number of benzene rings is 2. The van der Waals surface area contributed by atoms with Crippen molar-refractivity contribution in [3.8, 4) is 0 Å². The van der Waals surface area contributed by atoms with Crippen LogP contribution < -0.4 is 0 Å². The lowest BCUT2D eigenvalue weighted by Gasteiger charge is -2.22. The summed E-state index contributed by atoms with van der Waals surface area (Å²) in [6.45, 7) is 6.61. The SMILES string of the molecule is CO[Si](C)(C)CCc1ccccc1.CO[Si](C)(CCc1ccccc1)OC. The molecule has 0 amide bonds. The van der Waals surface area contributed by atoms with Gasteiger partial charge in [0.1, 0.15) is 0 Å². The predicted molar refractivity (Wildman–Crippen MR) is 120 cm³/mol.